The normalized spacial score (nSPS) is 13.4. The van der Waals surface area contributed by atoms with Crippen molar-refractivity contribution in [2.75, 3.05) is 18.1 Å². The van der Waals surface area contributed by atoms with Crippen molar-refractivity contribution in [3.8, 4) is 0 Å². The van der Waals surface area contributed by atoms with Gasteiger partial charge in [-0.1, -0.05) is 19.1 Å². The van der Waals surface area contributed by atoms with Gasteiger partial charge in [-0.15, -0.1) is 0 Å². The van der Waals surface area contributed by atoms with Crippen LogP contribution < -0.4 is 10.5 Å². The number of para-hydroxylation sites is 1. The number of rotatable bonds is 6. The van der Waals surface area contributed by atoms with Crippen LogP contribution in [0.2, 0.25) is 0 Å². The lowest BCUT2D eigenvalue weighted by atomic mass is 10.3. The molecule has 1 aromatic rings. The number of hydrogen-bond acceptors (Lipinski definition) is 4. The molecule has 0 radical (unpaired) electrons. The van der Waals surface area contributed by atoms with Crippen molar-refractivity contribution in [1.82, 2.24) is 0 Å². The summed E-state index contributed by atoms with van der Waals surface area (Å²) in [5, 5.41) is 8.80. The molecule has 0 aromatic heterocycles. The minimum atomic E-state index is -3.66. The van der Waals surface area contributed by atoms with Crippen molar-refractivity contribution >= 4 is 27.5 Å². The Labute approximate surface area is 107 Å². The van der Waals surface area contributed by atoms with Crippen LogP contribution in [0.25, 0.3) is 0 Å². The van der Waals surface area contributed by atoms with Crippen molar-refractivity contribution in [3.05, 3.63) is 24.3 Å². The summed E-state index contributed by atoms with van der Waals surface area (Å²) >= 11 is 1.79. The predicted molar refractivity (Wildman–Crippen MR) is 73.9 cm³/mol. The molecule has 0 spiro atoms. The molecule has 0 fully saturated rings. The molecule has 0 aliphatic heterocycles. The van der Waals surface area contributed by atoms with E-state index >= 15 is 0 Å². The van der Waals surface area contributed by atoms with Crippen molar-refractivity contribution in [2.45, 2.75) is 23.5 Å². The molecule has 4 nitrogen and oxygen atoms in total. The SMILES string of the molecule is CSC(C)CCNc1ccccc1S(N)(=O)=O. The largest absolute Gasteiger partial charge is 0.384 e. The van der Waals surface area contributed by atoms with Gasteiger partial charge in [-0.2, -0.15) is 11.8 Å². The molecular formula is C11H18N2O2S2. The highest BCUT2D eigenvalue weighted by Crippen LogP contribution is 2.19. The highest BCUT2D eigenvalue weighted by Gasteiger charge is 2.12. The summed E-state index contributed by atoms with van der Waals surface area (Å²) in [5.74, 6) is 0. The average molecular weight is 274 g/mol. The van der Waals surface area contributed by atoms with E-state index in [4.69, 9.17) is 5.14 Å². The minimum Gasteiger partial charge on any atom is -0.384 e. The summed E-state index contributed by atoms with van der Waals surface area (Å²) in [6, 6.07) is 6.68. The van der Waals surface area contributed by atoms with E-state index < -0.39 is 10.0 Å². The Bertz CT molecular complexity index is 460. The van der Waals surface area contributed by atoms with Crippen molar-refractivity contribution < 1.29 is 8.42 Å². The third-order valence-electron chi connectivity index (χ3n) is 2.46. The quantitative estimate of drug-likeness (QED) is 0.831. The number of nitrogens with one attached hydrogen (secondary N) is 1. The predicted octanol–water partition coefficient (Wildman–Crippen LogP) is 1.89. The van der Waals surface area contributed by atoms with E-state index in [0.29, 0.717) is 10.9 Å². The second kappa shape index (κ2) is 6.28. The second-order valence-electron chi connectivity index (χ2n) is 3.80. The maximum atomic E-state index is 11.3. The number of hydrogen-bond donors (Lipinski definition) is 2. The Morgan fingerprint density at radius 1 is 1.41 bits per heavy atom. The highest BCUT2D eigenvalue weighted by molar-refractivity contribution is 7.99. The molecule has 0 amide bonds. The molecule has 1 atom stereocenters. The molecule has 17 heavy (non-hydrogen) atoms. The van der Waals surface area contributed by atoms with E-state index in [1.165, 1.54) is 6.07 Å². The van der Waals surface area contributed by atoms with Crippen LogP contribution in [-0.2, 0) is 10.0 Å². The second-order valence-corrected chi connectivity index (χ2v) is 6.61. The zero-order valence-corrected chi connectivity index (χ0v) is 11.6. The first-order valence-corrected chi connectivity index (χ1v) is 8.17. The van der Waals surface area contributed by atoms with Crippen LogP contribution in [0.15, 0.2) is 29.2 Å². The number of nitrogens with two attached hydrogens (primary N) is 1. The van der Waals surface area contributed by atoms with Gasteiger partial charge in [-0.3, -0.25) is 0 Å². The summed E-state index contributed by atoms with van der Waals surface area (Å²) in [6.07, 6.45) is 3.03. The van der Waals surface area contributed by atoms with Gasteiger partial charge in [0.05, 0.1) is 5.69 Å². The van der Waals surface area contributed by atoms with Crippen LogP contribution in [0.5, 0.6) is 0 Å². The number of benzene rings is 1. The van der Waals surface area contributed by atoms with Crippen molar-refractivity contribution in [1.29, 1.82) is 0 Å². The highest BCUT2D eigenvalue weighted by atomic mass is 32.2. The lowest BCUT2D eigenvalue weighted by Gasteiger charge is -2.12. The fourth-order valence-electron chi connectivity index (χ4n) is 1.39. The Morgan fingerprint density at radius 3 is 2.65 bits per heavy atom. The lowest BCUT2D eigenvalue weighted by molar-refractivity contribution is 0.598. The van der Waals surface area contributed by atoms with E-state index in [1.54, 1.807) is 30.0 Å². The van der Waals surface area contributed by atoms with Crippen LogP contribution in [0.3, 0.4) is 0 Å². The molecule has 96 valence electrons. The number of thioether (sulfide) groups is 1. The van der Waals surface area contributed by atoms with Gasteiger partial charge in [0.15, 0.2) is 0 Å². The summed E-state index contributed by atoms with van der Waals surface area (Å²) in [6.45, 7) is 2.87. The van der Waals surface area contributed by atoms with Crippen LogP contribution in [0, 0.1) is 0 Å². The number of sulfonamides is 1. The van der Waals surface area contributed by atoms with Gasteiger partial charge in [0, 0.05) is 11.8 Å². The first-order chi connectivity index (χ1) is 7.95. The molecule has 0 heterocycles. The molecule has 0 aliphatic carbocycles. The molecule has 1 unspecified atom stereocenters. The Balaban J connectivity index is 2.72. The van der Waals surface area contributed by atoms with E-state index in [2.05, 4.69) is 18.5 Å². The third kappa shape index (κ3) is 4.57. The van der Waals surface area contributed by atoms with Gasteiger partial charge < -0.3 is 5.32 Å². The zero-order valence-electron chi connectivity index (χ0n) is 10.0. The third-order valence-corrected chi connectivity index (χ3v) is 4.47. The molecule has 1 aromatic carbocycles. The smallest absolute Gasteiger partial charge is 0.240 e. The first-order valence-electron chi connectivity index (χ1n) is 5.33. The average Bonchev–Trinajstić information content (AvgIpc) is 2.28. The van der Waals surface area contributed by atoms with Crippen LogP contribution in [0.1, 0.15) is 13.3 Å². The van der Waals surface area contributed by atoms with Gasteiger partial charge in [0.25, 0.3) is 0 Å². The van der Waals surface area contributed by atoms with Gasteiger partial charge >= 0.3 is 0 Å². The van der Waals surface area contributed by atoms with E-state index in [0.717, 1.165) is 13.0 Å². The Hall–Kier alpha value is -0.720. The van der Waals surface area contributed by atoms with Gasteiger partial charge in [-0.05, 0) is 24.8 Å². The molecule has 0 bridgehead atoms. The number of anilines is 1. The van der Waals surface area contributed by atoms with E-state index in [9.17, 15) is 8.42 Å². The molecule has 0 saturated heterocycles. The Kier molecular flexibility index (Phi) is 5.30. The first kappa shape index (κ1) is 14.3. The molecule has 6 heteroatoms. The fraction of sp³-hybridized carbons (Fsp3) is 0.455. The fourth-order valence-corrected chi connectivity index (χ4v) is 2.46. The molecular weight excluding hydrogens is 256 g/mol. The minimum absolute atomic E-state index is 0.150. The maximum Gasteiger partial charge on any atom is 0.240 e. The van der Waals surface area contributed by atoms with Crippen molar-refractivity contribution in [2.24, 2.45) is 5.14 Å². The van der Waals surface area contributed by atoms with Crippen LogP contribution in [-0.4, -0.2) is 26.5 Å². The van der Waals surface area contributed by atoms with Crippen LogP contribution >= 0.6 is 11.8 Å². The zero-order chi connectivity index (χ0) is 12.9. The van der Waals surface area contributed by atoms with E-state index in [1.807, 2.05) is 0 Å². The van der Waals surface area contributed by atoms with Gasteiger partial charge in [0.2, 0.25) is 10.0 Å². The summed E-state index contributed by atoms with van der Waals surface area (Å²) < 4.78 is 22.7. The topological polar surface area (TPSA) is 72.2 Å². The summed E-state index contributed by atoms with van der Waals surface area (Å²) in [5.41, 5.74) is 0.573. The number of primary sulfonamides is 1. The van der Waals surface area contributed by atoms with Gasteiger partial charge in [0.1, 0.15) is 4.90 Å². The monoisotopic (exact) mass is 274 g/mol. The standard InChI is InChI=1S/C11H18N2O2S2/c1-9(16-2)7-8-13-10-5-3-4-6-11(10)17(12,14)15/h3-6,9,13H,7-8H2,1-2H3,(H2,12,14,15). The maximum absolute atomic E-state index is 11.3. The summed E-state index contributed by atoms with van der Waals surface area (Å²) in [4.78, 5) is 0.150. The molecule has 0 saturated carbocycles. The lowest BCUT2D eigenvalue weighted by Crippen LogP contribution is -2.16. The molecule has 0 aliphatic rings. The Morgan fingerprint density at radius 2 is 2.06 bits per heavy atom. The van der Waals surface area contributed by atoms with Crippen LogP contribution in [0.4, 0.5) is 5.69 Å². The molecule has 1 rings (SSSR count). The van der Waals surface area contributed by atoms with Crippen molar-refractivity contribution in [3.63, 3.8) is 0 Å². The van der Waals surface area contributed by atoms with E-state index in [-0.39, 0.29) is 4.90 Å². The van der Waals surface area contributed by atoms with Gasteiger partial charge in [-0.25, -0.2) is 13.6 Å². The molecule has 3 N–H and O–H groups in total. The summed E-state index contributed by atoms with van der Waals surface area (Å²) in [7, 11) is -3.66.